The highest BCUT2D eigenvalue weighted by Gasteiger charge is 2.28. The van der Waals surface area contributed by atoms with Gasteiger partial charge in [0.25, 0.3) is 0 Å². The molecule has 1 saturated carbocycles. The molecule has 0 saturated heterocycles. The van der Waals surface area contributed by atoms with Crippen molar-refractivity contribution in [3.63, 3.8) is 0 Å². The van der Waals surface area contributed by atoms with Gasteiger partial charge < -0.3 is 5.73 Å². The van der Waals surface area contributed by atoms with E-state index in [1.165, 1.54) is 6.42 Å². The second-order valence-corrected chi connectivity index (χ2v) is 8.33. The van der Waals surface area contributed by atoms with Crippen molar-refractivity contribution >= 4 is 26.0 Å². The number of benzene rings is 1. The topological polar surface area (TPSA) is 72.2 Å². The molecule has 0 radical (unpaired) electrons. The van der Waals surface area contributed by atoms with Crippen LogP contribution in [0.25, 0.3) is 0 Å². The van der Waals surface area contributed by atoms with E-state index < -0.39 is 10.0 Å². The van der Waals surface area contributed by atoms with Crippen molar-refractivity contribution in [2.24, 2.45) is 11.7 Å². The summed E-state index contributed by atoms with van der Waals surface area (Å²) in [6, 6.07) is 5.07. The zero-order valence-electron chi connectivity index (χ0n) is 12.3. The molecule has 1 aromatic rings. The van der Waals surface area contributed by atoms with Gasteiger partial charge in [-0.3, -0.25) is 0 Å². The Bertz CT molecular complexity index is 583. The Hall–Kier alpha value is -0.430. The lowest BCUT2D eigenvalue weighted by atomic mass is 9.84. The third-order valence-corrected chi connectivity index (χ3v) is 6.62. The van der Waals surface area contributed by atoms with Crippen molar-refractivity contribution < 1.29 is 8.42 Å². The third kappa shape index (κ3) is 4.28. The van der Waals surface area contributed by atoms with Crippen molar-refractivity contribution in [2.75, 3.05) is 6.54 Å². The highest BCUT2D eigenvalue weighted by atomic mass is 79.9. The van der Waals surface area contributed by atoms with Crippen LogP contribution >= 0.6 is 15.9 Å². The molecule has 1 aromatic carbocycles. The highest BCUT2D eigenvalue weighted by Crippen LogP contribution is 2.28. The molecule has 6 heteroatoms. The number of hydrogen-bond donors (Lipinski definition) is 2. The molecule has 1 fully saturated rings. The van der Waals surface area contributed by atoms with E-state index in [1.807, 2.05) is 13.0 Å². The van der Waals surface area contributed by atoms with Gasteiger partial charge in [0.2, 0.25) is 10.0 Å². The first-order chi connectivity index (χ1) is 9.94. The minimum absolute atomic E-state index is 0.177. The van der Waals surface area contributed by atoms with Crippen LogP contribution in [0.15, 0.2) is 27.6 Å². The van der Waals surface area contributed by atoms with Crippen molar-refractivity contribution in [1.29, 1.82) is 0 Å². The first kappa shape index (κ1) is 16.9. The van der Waals surface area contributed by atoms with Gasteiger partial charge in [0.1, 0.15) is 0 Å². The fraction of sp³-hybridized carbons (Fsp3) is 0.600. The summed E-state index contributed by atoms with van der Waals surface area (Å²) >= 11 is 3.34. The maximum Gasteiger partial charge on any atom is 0.241 e. The molecule has 1 aliphatic carbocycles. The molecule has 4 nitrogen and oxygen atoms in total. The van der Waals surface area contributed by atoms with Gasteiger partial charge in [-0.05, 0) is 59.3 Å². The van der Waals surface area contributed by atoms with Crippen LogP contribution in [-0.2, 0) is 10.0 Å². The van der Waals surface area contributed by atoms with Crippen LogP contribution < -0.4 is 10.5 Å². The quantitative estimate of drug-likeness (QED) is 0.831. The Balaban J connectivity index is 2.18. The SMILES string of the molecule is Cc1ccc(S(=O)(=O)NC(CN)C2CCCCC2)c(Br)c1. The van der Waals surface area contributed by atoms with Crippen LogP contribution in [0, 0.1) is 12.8 Å². The normalized spacial score (nSPS) is 18.6. The average Bonchev–Trinajstić information content (AvgIpc) is 2.45. The van der Waals surface area contributed by atoms with E-state index in [4.69, 9.17) is 5.73 Å². The molecule has 0 amide bonds. The van der Waals surface area contributed by atoms with E-state index in [2.05, 4.69) is 20.7 Å². The van der Waals surface area contributed by atoms with Crippen molar-refractivity contribution in [3.8, 4) is 0 Å². The number of hydrogen-bond acceptors (Lipinski definition) is 3. The number of nitrogens with one attached hydrogen (secondary N) is 1. The smallest absolute Gasteiger partial charge is 0.241 e. The van der Waals surface area contributed by atoms with Crippen LogP contribution in [0.4, 0.5) is 0 Å². The Kier molecular flexibility index (Phi) is 5.82. The summed E-state index contributed by atoms with van der Waals surface area (Å²) < 4.78 is 28.6. The van der Waals surface area contributed by atoms with E-state index in [0.717, 1.165) is 31.2 Å². The summed E-state index contributed by atoms with van der Waals surface area (Å²) in [7, 11) is -3.55. The Morgan fingerprint density at radius 2 is 2.00 bits per heavy atom. The molecular formula is C15H23BrN2O2S. The van der Waals surface area contributed by atoms with Crippen molar-refractivity contribution in [3.05, 3.63) is 28.2 Å². The van der Waals surface area contributed by atoms with E-state index >= 15 is 0 Å². The van der Waals surface area contributed by atoms with Gasteiger partial charge in [-0.25, -0.2) is 13.1 Å². The molecule has 1 atom stereocenters. The molecular weight excluding hydrogens is 352 g/mol. The summed E-state index contributed by atoms with van der Waals surface area (Å²) in [4.78, 5) is 0.280. The summed E-state index contributed by atoms with van der Waals surface area (Å²) in [5, 5.41) is 0. The van der Waals surface area contributed by atoms with E-state index in [9.17, 15) is 8.42 Å². The highest BCUT2D eigenvalue weighted by molar-refractivity contribution is 9.10. The van der Waals surface area contributed by atoms with E-state index in [1.54, 1.807) is 12.1 Å². The van der Waals surface area contributed by atoms with Gasteiger partial charge in [0.15, 0.2) is 0 Å². The molecule has 0 spiro atoms. The predicted molar refractivity (Wildman–Crippen MR) is 88.6 cm³/mol. The number of nitrogens with two attached hydrogens (primary N) is 1. The molecule has 2 rings (SSSR count). The molecule has 1 aliphatic rings. The molecule has 0 aromatic heterocycles. The Morgan fingerprint density at radius 1 is 1.33 bits per heavy atom. The molecule has 0 heterocycles. The van der Waals surface area contributed by atoms with Crippen LogP contribution in [0.5, 0.6) is 0 Å². The van der Waals surface area contributed by atoms with Gasteiger partial charge in [0, 0.05) is 17.1 Å². The second-order valence-electron chi connectivity index (χ2n) is 5.80. The summed E-state index contributed by atoms with van der Waals surface area (Å²) in [6.07, 6.45) is 5.68. The lowest BCUT2D eigenvalue weighted by molar-refractivity contribution is 0.294. The summed E-state index contributed by atoms with van der Waals surface area (Å²) in [5.74, 6) is 0.350. The van der Waals surface area contributed by atoms with Gasteiger partial charge in [-0.15, -0.1) is 0 Å². The monoisotopic (exact) mass is 374 g/mol. The number of rotatable bonds is 5. The minimum Gasteiger partial charge on any atom is -0.329 e. The van der Waals surface area contributed by atoms with Crippen molar-refractivity contribution in [2.45, 2.75) is 50.0 Å². The first-order valence-corrected chi connectivity index (χ1v) is 9.70. The molecule has 21 heavy (non-hydrogen) atoms. The lowest BCUT2D eigenvalue weighted by Crippen LogP contribution is -2.45. The largest absolute Gasteiger partial charge is 0.329 e. The fourth-order valence-electron chi connectivity index (χ4n) is 2.96. The third-order valence-electron chi connectivity index (χ3n) is 4.16. The standard InChI is InChI=1S/C15H23BrN2O2S/c1-11-7-8-15(13(16)9-11)21(19,20)18-14(10-17)12-5-3-2-4-6-12/h7-9,12,14,18H,2-6,10,17H2,1H3. The molecule has 3 N–H and O–H groups in total. The van der Waals surface area contributed by atoms with Gasteiger partial charge >= 0.3 is 0 Å². The number of halogens is 1. The zero-order chi connectivity index (χ0) is 15.5. The number of sulfonamides is 1. The molecule has 118 valence electrons. The fourth-order valence-corrected chi connectivity index (χ4v) is 5.47. The lowest BCUT2D eigenvalue weighted by Gasteiger charge is -2.30. The van der Waals surface area contributed by atoms with Gasteiger partial charge in [0.05, 0.1) is 4.90 Å². The van der Waals surface area contributed by atoms with E-state index in [0.29, 0.717) is 16.9 Å². The van der Waals surface area contributed by atoms with Crippen LogP contribution in [-0.4, -0.2) is 21.0 Å². The van der Waals surface area contributed by atoms with Gasteiger partial charge in [-0.1, -0.05) is 25.3 Å². The van der Waals surface area contributed by atoms with Crippen LogP contribution in [0.3, 0.4) is 0 Å². The molecule has 0 aliphatic heterocycles. The zero-order valence-corrected chi connectivity index (χ0v) is 14.7. The minimum atomic E-state index is -3.55. The number of aryl methyl sites for hydroxylation is 1. The Labute approximate surface area is 135 Å². The summed E-state index contributed by atoms with van der Waals surface area (Å²) in [5.41, 5.74) is 6.83. The first-order valence-electron chi connectivity index (χ1n) is 7.42. The van der Waals surface area contributed by atoms with Gasteiger partial charge in [-0.2, -0.15) is 0 Å². The Morgan fingerprint density at radius 3 is 2.57 bits per heavy atom. The molecule has 1 unspecified atom stereocenters. The van der Waals surface area contributed by atoms with Crippen LogP contribution in [0.2, 0.25) is 0 Å². The van der Waals surface area contributed by atoms with E-state index in [-0.39, 0.29) is 10.9 Å². The van der Waals surface area contributed by atoms with Crippen molar-refractivity contribution in [1.82, 2.24) is 4.72 Å². The average molecular weight is 375 g/mol. The van der Waals surface area contributed by atoms with Crippen LogP contribution in [0.1, 0.15) is 37.7 Å². The molecule has 0 bridgehead atoms. The maximum absolute atomic E-state index is 12.6. The second kappa shape index (κ2) is 7.22. The maximum atomic E-state index is 12.6. The predicted octanol–water partition coefficient (Wildman–Crippen LogP) is 2.94. The summed E-state index contributed by atoms with van der Waals surface area (Å²) in [6.45, 7) is 2.27.